The molecule has 0 aromatic heterocycles. The van der Waals surface area contributed by atoms with Crippen LogP contribution in [0.2, 0.25) is 0 Å². The van der Waals surface area contributed by atoms with Gasteiger partial charge in [0.05, 0.1) is 56.9 Å². The first-order valence-electron chi connectivity index (χ1n) is 14.3. The Morgan fingerprint density at radius 1 is 0.523 bits per heavy atom. The average molecular weight is 601 g/mol. The number of fused-ring (bicyclic) bond motifs is 1. The van der Waals surface area contributed by atoms with Crippen LogP contribution in [0.4, 0.5) is 0 Å². The normalized spacial score (nSPS) is 17.0. The van der Waals surface area contributed by atoms with Crippen LogP contribution in [-0.2, 0) is 18.3 Å². The Kier molecular flexibility index (Phi) is 8.99. The summed E-state index contributed by atoms with van der Waals surface area (Å²) in [5.74, 6) is 5.48. The molecule has 8 heteroatoms. The molecule has 0 N–H and O–H groups in total. The van der Waals surface area contributed by atoms with Gasteiger partial charge in [0.2, 0.25) is 0 Å². The van der Waals surface area contributed by atoms with Gasteiger partial charge in [-0.3, -0.25) is 0 Å². The molecule has 0 amide bonds. The van der Waals surface area contributed by atoms with E-state index >= 15 is 0 Å². The highest BCUT2D eigenvalue weighted by Crippen LogP contribution is 2.60. The van der Waals surface area contributed by atoms with E-state index in [0.29, 0.717) is 41.6 Å². The fourth-order valence-electron chi connectivity index (χ4n) is 6.70. The largest absolute Gasteiger partial charge is 0.497 e. The van der Waals surface area contributed by atoms with Crippen molar-refractivity contribution in [3.63, 3.8) is 0 Å². The third-order valence-corrected chi connectivity index (χ3v) is 8.63. The van der Waals surface area contributed by atoms with Crippen molar-refractivity contribution in [3.8, 4) is 46.0 Å². The third-order valence-electron chi connectivity index (χ3n) is 8.63. The van der Waals surface area contributed by atoms with Gasteiger partial charge in [0.15, 0.2) is 0 Å². The molecule has 4 aromatic carbocycles. The quantitative estimate of drug-likeness (QED) is 0.180. The van der Waals surface area contributed by atoms with Crippen molar-refractivity contribution in [3.05, 3.63) is 94.5 Å². The number of methoxy groups -OCH3 is 8. The van der Waals surface area contributed by atoms with Gasteiger partial charge in [-0.25, -0.2) is 0 Å². The van der Waals surface area contributed by atoms with Crippen molar-refractivity contribution in [2.24, 2.45) is 0 Å². The number of benzene rings is 4. The van der Waals surface area contributed by atoms with E-state index < -0.39 is 5.41 Å². The monoisotopic (exact) mass is 600 g/mol. The Morgan fingerprint density at radius 2 is 1.05 bits per heavy atom. The minimum Gasteiger partial charge on any atom is -0.497 e. The Hall–Kier alpha value is -4.72. The van der Waals surface area contributed by atoms with E-state index in [2.05, 4.69) is 30.3 Å². The maximum absolute atomic E-state index is 6.09. The third kappa shape index (κ3) is 5.41. The highest BCUT2D eigenvalue weighted by Gasteiger charge is 2.52. The van der Waals surface area contributed by atoms with Crippen molar-refractivity contribution >= 4 is 0 Å². The van der Waals surface area contributed by atoms with E-state index in [1.54, 1.807) is 56.9 Å². The molecule has 0 saturated heterocycles. The highest BCUT2D eigenvalue weighted by atomic mass is 16.5. The molecule has 0 aliphatic heterocycles. The van der Waals surface area contributed by atoms with Crippen molar-refractivity contribution in [1.82, 2.24) is 0 Å². The Balaban J connectivity index is 1.89. The summed E-state index contributed by atoms with van der Waals surface area (Å²) in [7, 11) is 13.4. The maximum Gasteiger partial charge on any atom is 0.126 e. The summed E-state index contributed by atoms with van der Waals surface area (Å²) in [5.41, 5.74) is 4.61. The molecule has 1 aliphatic rings. The number of rotatable bonds is 12. The summed E-state index contributed by atoms with van der Waals surface area (Å²) >= 11 is 0. The first-order valence-corrected chi connectivity index (χ1v) is 14.3. The van der Waals surface area contributed by atoms with Crippen LogP contribution in [0.1, 0.15) is 33.7 Å². The summed E-state index contributed by atoms with van der Waals surface area (Å²) in [6.45, 7) is 0. The van der Waals surface area contributed by atoms with Gasteiger partial charge >= 0.3 is 0 Å². The smallest absolute Gasteiger partial charge is 0.126 e. The predicted molar refractivity (Wildman–Crippen MR) is 169 cm³/mol. The van der Waals surface area contributed by atoms with Crippen molar-refractivity contribution in [2.45, 2.75) is 24.2 Å². The molecule has 232 valence electrons. The van der Waals surface area contributed by atoms with Gasteiger partial charge in [-0.1, -0.05) is 12.1 Å². The second kappa shape index (κ2) is 12.9. The van der Waals surface area contributed by atoms with Gasteiger partial charge in [0.1, 0.15) is 46.0 Å². The SMILES string of the molecule is COc1cc(C[C@@]2(c3ccc(OC)cc3OC)Cc3cc(OC)cc(OC)c3[C@@H]2c2ccc(OC)cc2OC)cc(OC)c1. The summed E-state index contributed by atoms with van der Waals surface area (Å²) < 4.78 is 46.5. The first kappa shape index (κ1) is 30.7. The lowest BCUT2D eigenvalue weighted by atomic mass is 9.64. The van der Waals surface area contributed by atoms with Crippen LogP contribution in [-0.4, -0.2) is 56.9 Å². The first-order chi connectivity index (χ1) is 21.4. The molecule has 44 heavy (non-hydrogen) atoms. The van der Waals surface area contributed by atoms with E-state index in [4.69, 9.17) is 37.9 Å². The molecule has 0 unspecified atom stereocenters. The molecule has 0 heterocycles. The van der Waals surface area contributed by atoms with E-state index in [9.17, 15) is 0 Å². The van der Waals surface area contributed by atoms with Gasteiger partial charge in [0.25, 0.3) is 0 Å². The van der Waals surface area contributed by atoms with Crippen LogP contribution in [0.3, 0.4) is 0 Å². The summed E-state index contributed by atoms with van der Waals surface area (Å²) in [4.78, 5) is 0. The van der Waals surface area contributed by atoms with E-state index in [1.165, 1.54) is 0 Å². The Morgan fingerprint density at radius 3 is 1.61 bits per heavy atom. The lowest BCUT2D eigenvalue weighted by Gasteiger charge is -2.39. The Labute approximate surface area is 259 Å². The molecule has 2 atom stereocenters. The van der Waals surface area contributed by atoms with E-state index in [1.807, 2.05) is 36.4 Å². The van der Waals surface area contributed by atoms with Crippen LogP contribution in [0.25, 0.3) is 0 Å². The summed E-state index contributed by atoms with van der Waals surface area (Å²) in [5, 5.41) is 0. The van der Waals surface area contributed by atoms with E-state index in [-0.39, 0.29) is 5.92 Å². The van der Waals surface area contributed by atoms with Crippen LogP contribution >= 0.6 is 0 Å². The zero-order chi connectivity index (χ0) is 31.4. The van der Waals surface area contributed by atoms with Crippen LogP contribution in [0, 0.1) is 0 Å². The molecule has 0 bridgehead atoms. The van der Waals surface area contributed by atoms with E-state index in [0.717, 1.165) is 45.1 Å². The van der Waals surface area contributed by atoms with Gasteiger partial charge in [0, 0.05) is 52.3 Å². The second-order valence-corrected chi connectivity index (χ2v) is 10.7. The fourth-order valence-corrected chi connectivity index (χ4v) is 6.70. The van der Waals surface area contributed by atoms with Gasteiger partial charge in [-0.05, 0) is 54.3 Å². The topological polar surface area (TPSA) is 73.8 Å². The van der Waals surface area contributed by atoms with Gasteiger partial charge in [-0.2, -0.15) is 0 Å². The van der Waals surface area contributed by atoms with Crippen molar-refractivity contribution in [1.29, 1.82) is 0 Å². The molecule has 4 aromatic rings. The lowest BCUT2D eigenvalue weighted by Crippen LogP contribution is -2.35. The van der Waals surface area contributed by atoms with Crippen molar-refractivity contribution < 1.29 is 37.9 Å². The molecule has 0 fully saturated rings. The van der Waals surface area contributed by atoms with Crippen LogP contribution < -0.4 is 37.9 Å². The summed E-state index contributed by atoms with van der Waals surface area (Å²) in [6, 6.07) is 22.0. The minimum atomic E-state index is -0.598. The lowest BCUT2D eigenvalue weighted by molar-refractivity contribution is 0.337. The molecule has 0 saturated carbocycles. The number of ether oxygens (including phenoxy) is 8. The number of hydrogen-bond donors (Lipinski definition) is 0. The van der Waals surface area contributed by atoms with Gasteiger partial charge < -0.3 is 37.9 Å². The zero-order valence-electron chi connectivity index (χ0n) is 26.6. The fraction of sp³-hybridized carbons (Fsp3) is 0.333. The summed E-state index contributed by atoms with van der Waals surface area (Å²) in [6.07, 6.45) is 1.25. The highest BCUT2D eigenvalue weighted by molar-refractivity contribution is 5.64. The van der Waals surface area contributed by atoms with Gasteiger partial charge in [-0.15, -0.1) is 0 Å². The maximum atomic E-state index is 6.09. The standard InChI is InChI=1S/C36H40O8/c1-37-24-9-11-29(31(17-24)42-6)35-34-23(15-28(41-5)19-33(34)44-8)21-36(35,30-12-10-25(38-2)18-32(30)43-7)20-22-13-26(39-3)16-27(14-22)40-4/h9-19,35H,20-21H2,1-8H3/t35-,36-/m0/s1. The number of hydrogen-bond acceptors (Lipinski definition) is 8. The molecule has 0 radical (unpaired) electrons. The second-order valence-electron chi connectivity index (χ2n) is 10.7. The molecular formula is C36H40O8. The van der Waals surface area contributed by atoms with Crippen LogP contribution in [0.15, 0.2) is 66.7 Å². The Bertz CT molecular complexity index is 1610. The zero-order valence-corrected chi connectivity index (χ0v) is 26.6. The molecule has 1 aliphatic carbocycles. The predicted octanol–water partition coefficient (Wildman–Crippen LogP) is 6.62. The van der Waals surface area contributed by atoms with Crippen molar-refractivity contribution in [2.75, 3.05) is 56.9 Å². The minimum absolute atomic E-state index is 0.237. The molecule has 5 rings (SSSR count). The average Bonchev–Trinajstić information content (AvgIpc) is 3.40. The molecule has 0 spiro atoms. The molecule has 8 nitrogen and oxygen atoms in total. The van der Waals surface area contributed by atoms with Crippen LogP contribution in [0.5, 0.6) is 46.0 Å². The molecular weight excluding hydrogens is 560 g/mol.